The van der Waals surface area contributed by atoms with Crippen molar-refractivity contribution in [3.8, 4) is 5.75 Å². The maximum Gasteiger partial charge on any atom is 0.416 e. The highest BCUT2D eigenvalue weighted by Crippen LogP contribution is 2.30. The Hall–Kier alpha value is -2.12. The summed E-state index contributed by atoms with van der Waals surface area (Å²) in [7, 11) is 0. The van der Waals surface area contributed by atoms with Crippen molar-refractivity contribution in [2.75, 3.05) is 6.61 Å². The van der Waals surface area contributed by atoms with E-state index in [-0.39, 0.29) is 12.2 Å². The van der Waals surface area contributed by atoms with Gasteiger partial charge in [-0.3, -0.25) is 0 Å². The van der Waals surface area contributed by atoms with Gasteiger partial charge in [-0.25, -0.2) is 14.0 Å². The van der Waals surface area contributed by atoms with Crippen LogP contribution in [0.5, 0.6) is 5.75 Å². The fourth-order valence-corrected chi connectivity index (χ4v) is 1.29. The van der Waals surface area contributed by atoms with Crippen LogP contribution >= 0.6 is 0 Å². The van der Waals surface area contributed by atoms with Gasteiger partial charge in [0, 0.05) is 0 Å². The molecule has 0 heterocycles. The fourth-order valence-electron chi connectivity index (χ4n) is 1.29. The summed E-state index contributed by atoms with van der Waals surface area (Å²) in [6.45, 7) is 1.61. The first-order valence-electron chi connectivity index (χ1n) is 6.30. The Kier molecular flexibility index (Phi) is 5.51. The summed E-state index contributed by atoms with van der Waals surface area (Å²) in [6.07, 6.45) is -4.62. The second kappa shape index (κ2) is 6.76. The number of alkyl halides is 4. The summed E-state index contributed by atoms with van der Waals surface area (Å²) in [4.78, 5) is 22.6. The van der Waals surface area contributed by atoms with Gasteiger partial charge in [-0.15, -0.1) is 0 Å². The van der Waals surface area contributed by atoms with E-state index in [4.69, 9.17) is 0 Å². The van der Waals surface area contributed by atoms with Crippen LogP contribution in [0.2, 0.25) is 0 Å². The molecule has 0 bridgehead atoms. The molecular formula is C14H14F4O4. The van der Waals surface area contributed by atoms with Crippen molar-refractivity contribution in [3.05, 3.63) is 29.8 Å². The number of hydrogen-bond acceptors (Lipinski definition) is 4. The molecule has 1 aromatic rings. The van der Waals surface area contributed by atoms with E-state index >= 15 is 0 Å². The molecule has 4 nitrogen and oxygen atoms in total. The number of halogens is 4. The Labute approximate surface area is 124 Å². The molecule has 0 radical (unpaired) electrons. The molecule has 0 N–H and O–H groups in total. The van der Waals surface area contributed by atoms with Gasteiger partial charge in [0.05, 0.1) is 5.56 Å². The summed E-state index contributed by atoms with van der Waals surface area (Å²) in [5, 5.41) is 0. The zero-order valence-corrected chi connectivity index (χ0v) is 11.9. The lowest BCUT2D eigenvalue weighted by Gasteiger charge is -2.15. The Morgan fingerprint density at radius 2 is 1.64 bits per heavy atom. The maximum absolute atomic E-state index is 13.5. The number of hydrogen-bond donors (Lipinski definition) is 0. The van der Waals surface area contributed by atoms with Crippen LogP contribution in [0.3, 0.4) is 0 Å². The molecule has 0 fully saturated rings. The topological polar surface area (TPSA) is 52.6 Å². The highest BCUT2D eigenvalue weighted by Gasteiger charge is 2.33. The van der Waals surface area contributed by atoms with Crippen LogP contribution in [0.15, 0.2) is 24.3 Å². The lowest BCUT2D eigenvalue weighted by atomic mass is 10.1. The molecular weight excluding hydrogens is 308 g/mol. The number of benzene rings is 1. The van der Waals surface area contributed by atoms with E-state index in [0.29, 0.717) is 0 Å². The van der Waals surface area contributed by atoms with Crippen molar-refractivity contribution < 1.29 is 36.6 Å². The predicted molar refractivity (Wildman–Crippen MR) is 67.8 cm³/mol. The van der Waals surface area contributed by atoms with E-state index in [9.17, 15) is 27.2 Å². The van der Waals surface area contributed by atoms with Gasteiger partial charge < -0.3 is 9.47 Å². The molecule has 0 amide bonds. The van der Waals surface area contributed by atoms with E-state index in [0.717, 1.165) is 31.2 Å². The van der Waals surface area contributed by atoms with E-state index in [1.165, 1.54) is 6.92 Å². The molecule has 0 aromatic heterocycles. The number of esters is 2. The molecule has 122 valence electrons. The summed E-state index contributed by atoms with van der Waals surface area (Å²) < 4.78 is 59.6. The molecule has 0 aliphatic carbocycles. The first-order valence-corrected chi connectivity index (χ1v) is 6.30. The third kappa shape index (κ3) is 5.01. The minimum atomic E-state index is -4.50. The van der Waals surface area contributed by atoms with Gasteiger partial charge in [0.2, 0.25) is 5.67 Å². The largest absolute Gasteiger partial charge is 0.451 e. The van der Waals surface area contributed by atoms with Crippen molar-refractivity contribution in [2.24, 2.45) is 0 Å². The molecule has 0 aliphatic heterocycles. The van der Waals surface area contributed by atoms with Gasteiger partial charge >= 0.3 is 18.1 Å². The average molecular weight is 322 g/mol. The second-order valence-electron chi connectivity index (χ2n) is 4.62. The van der Waals surface area contributed by atoms with Crippen molar-refractivity contribution in [2.45, 2.75) is 32.1 Å². The van der Waals surface area contributed by atoms with Gasteiger partial charge in [0.25, 0.3) is 0 Å². The molecule has 1 rings (SSSR count). The van der Waals surface area contributed by atoms with Crippen LogP contribution < -0.4 is 4.74 Å². The molecule has 22 heavy (non-hydrogen) atoms. The van der Waals surface area contributed by atoms with Crippen LogP contribution in [0, 0.1) is 0 Å². The molecule has 0 saturated carbocycles. The van der Waals surface area contributed by atoms with Crippen LogP contribution in [-0.2, 0) is 20.5 Å². The number of ether oxygens (including phenoxy) is 2. The van der Waals surface area contributed by atoms with Crippen molar-refractivity contribution in [1.82, 2.24) is 0 Å². The van der Waals surface area contributed by atoms with Crippen molar-refractivity contribution in [3.63, 3.8) is 0 Å². The van der Waals surface area contributed by atoms with Crippen LogP contribution in [-0.4, -0.2) is 24.2 Å². The predicted octanol–water partition coefficient (Wildman–Crippen LogP) is 3.29. The van der Waals surface area contributed by atoms with Gasteiger partial charge in [-0.1, -0.05) is 6.92 Å². The summed E-state index contributed by atoms with van der Waals surface area (Å²) in [5.41, 5.74) is -3.11. The molecule has 8 heteroatoms. The average Bonchev–Trinajstić information content (AvgIpc) is 2.44. The van der Waals surface area contributed by atoms with Crippen LogP contribution in [0.4, 0.5) is 17.6 Å². The van der Waals surface area contributed by atoms with Crippen LogP contribution in [0.1, 0.15) is 25.8 Å². The summed E-state index contributed by atoms with van der Waals surface area (Å²) in [6, 6.07) is 3.39. The highest BCUT2D eigenvalue weighted by atomic mass is 19.4. The summed E-state index contributed by atoms with van der Waals surface area (Å²) >= 11 is 0. The Morgan fingerprint density at radius 3 is 2.09 bits per heavy atom. The van der Waals surface area contributed by atoms with Crippen molar-refractivity contribution >= 4 is 11.9 Å². The Bertz CT molecular complexity index is 535. The maximum atomic E-state index is 13.5. The van der Waals surface area contributed by atoms with Gasteiger partial charge in [0.1, 0.15) is 5.75 Å². The van der Waals surface area contributed by atoms with E-state index in [1.54, 1.807) is 0 Å². The van der Waals surface area contributed by atoms with Gasteiger partial charge in [0.15, 0.2) is 6.61 Å². The quantitative estimate of drug-likeness (QED) is 0.474. The smallest absolute Gasteiger partial charge is 0.416 e. The molecule has 1 aromatic carbocycles. The normalized spacial score (nSPS) is 14.1. The Morgan fingerprint density at radius 1 is 1.09 bits per heavy atom. The molecule has 1 atom stereocenters. The minimum absolute atomic E-state index is 0.125. The van der Waals surface area contributed by atoms with E-state index in [2.05, 4.69) is 9.47 Å². The molecule has 0 aliphatic rings. The van der Waals surface area contributed by atoms with Crippen molar-refractivity contribution in [1.29, 1.82) is 0 Å². The van der Waals surface area contributed by atoms with E-state index in [1.807, 2.05) is 0 Å². The third-order valence-corrected chi connectivity index (χ3v) is 2.82. The number of rotatable bonds is 5. The van der Waals surface area contributed by atoms with Crippen LogP contribution in [0.25, 0.3) is 0 Å². The SMILES string of the molecule is CCC(C)(F)C(=O)OCC(=O)Oc1ccc(C(F)(F)F)cc1. The van der Waals surface area contributed by atoms with Gasteiger partial charge in [-0.05, 0) is 37.6 Å². The van der Waals surface area contributed by atoms with Gasteiger partial charge in [-0.2, -0.15) is 13.2 Å². The van der Waals surface area contributed by atoms with E-state index < -0.39 is 36.0 Å². The monoisotopic (exact) mass is 322 g/mol. The minimum Gasteiger partial charge on any atom is -0.451 e. The summed E-state index contributed by atoms with van der Waals surface area (Å²) in [5.74, 6) is -2.38. The zero-order valence-electron chi connectivity index (χ0n) is 11.9. The second-order valence-corrected chi connectivity index (χ2v) is 4.62. The zero-order chi connectivity index (χ0) is 17.0. The highest BCUT2D eigenvalue weighted by molar-refractivity contribution is 5.82. The molecule has 0 saturated heterocycles. The first kappa shape index (κ1) is 17.9. The lowest BCUT2D eigenvalue weighted by molar-refractivity contribution is -0.163. The molecule has 0 spiro atoms. The Balaban J connectivity index is 2.54. The lowest BCUT2D eigenvalue weighted by Crippen LogP contribution is -2.33. The standard InChI is InChI=1S/C14H14F4O4/c1-3-13(2,15)12(20)21-8-11(19)22-10-6-4-9(5-7-10)14(16,17)18/h4-7H,3,8H2,1-2H3. The fraction of sp³-hybridized carbons (Fsp3) is 0.429. The third-order valence-electron chi connectivity index (χ3n) is 2.82. The number of carbonyl (C=O) groups is 2. The molecule has 1 unspecified atom stereocenters. The number of carbonyl (C=O) groups excluding carboxylic acids is 2. The first-order chi connectivity index (χ1) is 10.1.